The lowest BCUT2D eigenvalue weighted by Gasteiger charge is -2.40. The van der Waals surface area contributed by atoms with E-state index in [0.29, 0.717) is 18.1 Å². The van der Waals surface area contributed by atoms with Gasteiger partial charge in [0.05, 0.1) is 19.3 Å². The van der Waals surface area contributed by atoms with Crippen LogP contribution in [0.2, 0.25) is 0 Å². The van der Waals surface area contributed by atoms with Gasteiger partial charge in [-0.3, -0.25) is 10.2 Å². The average Bonchev–Trinajstić information content (AvgIpc) is 3.13. The van der Waals surface area contributed by atoms with Crippen molar-refractivity contribution in [1.29, 1.82) is 5.26 Å². The highest BCUT2D eigenvalue weighted by molar-refractivity contribution is 5.08. The molecule has 1 N–H and O–H groups in total. The van der Waals surface area contributed by atoms with E-state index in [1.54, 1.807) is 0 Å². The highest BCUT2D eigenvalue weighted by atomic mass is 16.5. The summed E-state index contributed by atoms with van der Waals surface area (Å²) < 4.78 is 5.47. The Morgan fingerprint density at radius 2 is 2.28 bits per heavy atom. The fourth-order valence-corrected chi connectivity index (χ4v) is 2.92. The van der Waals surface area contributed by atoms with Crippen molar-refractivity contribution in [3.63, 3.8) is 0 Å². The molecule has 0 radical (unpaired) electrons. The predicted octanol–water partition coefficient (Wildman–Crippen LogP) is 1.52. The van der Waals surface area contributed by atoms with Crippen molar-refractivity contribution in [2.45, 2.75) is 63.7 Å². The van der Waals surface area contributed by atoms with Crippen molar-refractivity contribution >= 4 is 0 Å². The van der Waals surface area contributed by atoms with Crippen LogP contribution in [-0.4, -0.2) is 48.3 Å². The Hall–Kier alpha value is -0.630. The first-order valence-electron chi connectivity index (χ1n) is 7.06. The van der Waals surface area contributed by atoms with E-state index < -0.39 is 5.54 Å². The molecule has 2 aliphatic rings. The van der Waals surface area contributed by atoms with Gasteiger partial charge in [0.2, 0.25) is 0 Å². The molecule has 18 heavy (non-hydrogen) atoms. The molecule has 1 saturated carbocycles. The number of morpholine rings is 1. The van der Waals surface area contributed by atoms with Crippen LogP contribution in [0.5, 0.6) is 0 Å². The smallest absolute Gasteiger partial charge is 0.105 e. The second-order valence-electron chi connectivity index (χ2n) is 6.08. The van der Waals surface area contributed by atoms with Crippen LogP contribution in [0.3, 0.4) is 0 Å². The van der Waals surface area contributed by atoms with Crippen LogP contribution in [0.15, 0.2) is 0 Å². The van der Waals surface area contributed by atoms with E-state index in [1.807, 2.05) is 6.92 Å². The van der Waals surface area contributed by atoms with Gasteiger partial charge < -0.3 is 4.74 Å². The minimum atomic E-state index is -0.390. The van der Waals surface area contributed by atoms with Gasteiger partial charge in [-0.15, -0.1) is 0 Å². The molecular formula is C14H25N3O. The van der Waals surface area contributed by atoms with Crippen LogP contribution in [-0.2, 0) is 4.74 Å². The third kappa shape index (κ3) is 3.44. The first kappa shape index (κ1) is 13.8. The minimum absolute atomic E-state index is 0.390. The SMILES string of the molecule is CC1COCCN1C(C)CC(C)(C#N)NC1CC1. The number of nitrogens with one attached hydrogen (secondary N) is 1. The molecule has 0 aromatic rings. The number of rotatable bonds is 5. The quantitative estimate of drug-likeness (QED) is 0.805. The van der Waals surface area contributed by atoms with Gasteiger partial charge in [-0.05, 0) is 40.0 Å². The molecule has 1 saturated heterocycles. The second-order valence-corrected chi connectivity index (χ2v) is 6.08. The average molecular weight is 251 g/mol. The first-order valence-corrected chi connectivity index (χ1v) is 7.06. The van der Waals surface area contributed by atoms with Gasteiger partial charge >= 0.3 is 0 Å². The van der Waals surface area contributed by atoms with Gasteiger partial charge in [-0.2, -0.15) is 5.26 Å². The van der Waals surface area contributed by atoms with Crippen molar-refractivity contribution < 1.29 is 4.74 Å². The summed E-state index contributed by atoms with van der Waals surface area (Å²) in [6, 6.07) is 3.91. The number of ether oxygens (including phenoxy) is 1. The largest absolute Gasteiger partial charge is 0.379 e. The van der Waals surface area contributed by atoms with E-state index >= 15 is 0 Å². The van der Waals surface area contributed by atoms with Crippen molar-refractivity contribution in [3.8, 4) is 6.07 Å². The van der Waals surface area contributed by atoms with E-state index in [9.17, 15) is 5.26 Å². The molecule has 2 fully saturated rings. The highest BCUT2D eigenvalue weighted by Crippen LogP contribution is 2.26. The van der Waals surface area contributed by atoms with E-state index in [2.05, 4.69) is 30.1 Å². The second kappa shape index (κ2) is 5.56. The molecule has 0 bridgehead atoms. The molecule has 1 heterocycles. The zero-order chi connectivity index (χ0) is 13.2. The third-order valence-electron chi connectivity index (χ3n) is 4.04. The fourth-order valence-electron chi connectivity index (χ4n) is 2.92. The molecule has 4 nitrogen and oxygen atoms in total. The Morgan fingerprint density at radius 1 is 1.56 bits per heavy atom. The van der Waals surface area contributed by atoms with Gasteiger partial charge in [-0.1, -0.05) is 0 Å². The third-order valence-corrected chi connectivity index (χ3v) is 4.04. The maximum atomic E-state index is 9.42. The molecule has 3 unspecified atom stereocenters. The molecule has 2 rings (SSSR count). The Balaban J connectivity index is 1.91. The lowest BCUT2D eigenvalue weighted by Crippen LogP contribution is -2.53. The topological polar surface area (TPSA) is 48.3 Å². The molecule has 0 spiro atoms. The number of nitrogens with zero attached hydrogens (tertiary/aromatic N) is 2. The summed E-state index contributed by atoms with van der Waals surface area (Å²) >= 11 is 0. The van der Waals surface area contributed by atoms with Crippen LogP contribution < -0.4 is 5.32 Å². The number of nitriles is 1. The highest BCUT2D eigenvalue weighted by Gasteiger charge is 2.36. The molecule has 102 valence electrons. The Morgan fingerprint density at radius 3 is 2.83 bits per heavy atom. The van der Waals surface area contributed by atoms with Crippen LogP contribution in [0, 0.1) is 11.3 Å². The molecule has 0 amide bonds. The molecule has 0 aromatic carbocycles. The monoisotopic (exact) mass is 251 g/mol. The number of hydrogen-bond acceptors (Lipinski definition) is 4. The van der Waals surface area contributed by atoms with Gasteiger partial charge in [0.1, 0.15) is 5.54 Å². The Bertz CT molecular complexity index is 323. The van der Waals surface area contributed by atoms with Gasteiger partial charge in [0.25, 0.3) is 0 Å². The molecule has 0 aromatic heterocycles. The van der Waals surface area contributed by atoms with Crippen LogP contribution in [0.25, 0.3) is 0 Å². The maximum absolute atomic E-state index is 9.42. The molecule has 3 atom stereocenters. The predicted molar refractivity (Wildman–Crippen MR) is 71.2 cm³/mol. The van der Waals surface area contributed by atoms with Crippen molar-refractivity contribution in [3.05, 3.63) is 0 Å². The van der Waals surface area contributed by atoms with Crippen molar-refractivity contribution in [1.82, 2.24) is 10.2 Å². The molecule has 1 aliphatic heterocycles. The van der Waals surface area contributed by atoms with Gasteiger partial charge in [-0.25, -0.2) is 0 Å². The summed E-state index contributed by atoms with van der Waals surface area (Å²) in [6.07, 6.45) is 3.32. The van der Waals surface area contributed by atoms with Gasteiger partial charge in [0, 0.05) is 24.7 Å². The molecule has 4 heteroatoms. The summed E-state index contributed by atoms with van der Waals surface area (Å²) in [7, 11) is 0. The first-order chi connectivity index (χ1) is 8.54. The summed E-state index contributed by atoms with van der Waals surface area (Å²) in [5.41, 5.74) is -0.390. The minimum Gasteiger partial charge on any atom is -0.379 e. The van der Waals surface area contributed by atoms with Crippen LogP contribution >= 0.6 is 0 Å². The standard InChI is InChI=1S/C14H25N3O/c1-11(17-6-7-18-9-12(17)2)8-14(3,10-15)16-13-4-5-13/h11-13,16H,4-9H2,1-3H3. The molecular weight excluding hydrogens is 226 g/mol. The summed E-state index contributed by atoms with van der Waals surface area (Å²) in [6.45, 7) is 9.07. The summed E-state index contributed by atoms with van der Waals surface area (Å²) in [4.78, 5) is 2.47. The summed E-state index contributed by atoms with van der Waals surface area (Å²) in [5, 5.41) is 12.9. The lowest BCUT2D eigenvalue weighted by molar-refractivity contribution is -0.0229. The van der Waals surface area contributed by atoms with Crippen LogP contribution in [0.1, 0.15) is 40.0 Å². The lowest BCUT2D eigenvalue weighted by atomic mass is 9.93. The van der Waals surface area contributed by atoms with E-state index in [-0.39, 0.29) is 0 Å². The van der Waals surface area contributed by atoms with E-state index in [1.165, 1.54) is 12.8 Å². The van der Waals surface area contributed by atoms with Crippen LogP contribution in [0.4, 0.5) is 0 Å². The van der Waals surface area contributed by atoms with E-state index in [4.69, 9.17) is 4.74 Å². The zero-order valence-electron chi connectivity index (χ0n) is 11.8. The maximum Gasteiger partial charge on any atom is 0.105 e. The van der Waals surface area contributed by atoms with Crippen molar-refractivity contribution in [2.75, 3.05) is 19.8 Å². The fraction of sp³-hybridized carbons (Fsp3) is 0.929. The van der Waals surface area contributed by atoms with E-state index in [0.717, 1.165) is 26.2 Å². The molecule has 1 aliphatic carbocycles. The number of hydrogen-bond donors (Lipinski definition) is 1. The van der Waals surface area contributed by atoms with Gasteiger partial charge in [0.15, 0.2) is 0 Å². The Labute approximate surface area is 110 Å². The Kier molecular flexibility index (Phi) is 4.26. The zero-order valence-corrected chi connectivity index (χ0v) is 11.8. The van der Waals surface area contributed by atoms with Crippen molar-refractivity contribution in [2.24, 2.45) is 0 Å². The normalized spacial score (nSPS) is 30.4. The summed E-state index contributed by atoms with van der Waals surface area (Å²) in [5.74, 6) is 0.